The second-order valence-electron chi connectivity index (χ2n) is 8.59. The molecule has 1 aliphatic carbocycles. The number of imide groups is 1. The summed E-state index contributed by atoms with van der Waals surface area (Å²) in [6, 6.07) is 4.08. The van der Waals surface area contributed by atoms with E-state index in [1.807, 2.05) is 6.08 Å². The van der Waals surface area contributed by atoms with Gasteiger partial charge in [-0.2, -0.15) is 0 Å². The van der Waals surface area contributed by atoms with Gasteiger partial charge in [-0.05, 0) is 36.6 Å². The Morgan fingerprint density at radius 2 is 1.95 bits per heavy atom. The Kier molecular flexibility index (Phi) is 7.28. The van der Waals surface area contributed by atoms with E-state index in [2.05, 4.69) is 20.4 Å². The Morgan fingerprint density at radius 1 is 1.22 bits per heavy atom. The van der Waals surface area contributed by atoms with Crippen LogP contribution in [0.3, 0.4) is 0 Å². The number of nitrogens with one attached hydrogen (secondary N) is 2. The highest BCUT2D eigenvalue weighted by Crippen LogP contribution is 2.24. The van der Waals surface area contributed by atoms with Crippen LogP contribution in [0.4, 0.5) is 13.2 Å². The molecule has 12 heteroatoms. The van der Waals surface area contributed by atoms with Crippen LogP contribution in [0.2, 0.25) is 0 Å². The predicted molar refractivity (Wildman–Crippen MR) is 125 cm³/mol. The number of ether oxygens (including phenoxy) is 1. The van der Waals surface area contributed by atoms with Crippen LogP contribution in [0, 0.1) is 6.92 Å². The molecule has 0 radical (unpaired) electrons. The molecule has 0 bridgehead atoms. The van der Waals surface area contributed by atoms with E-state index in [1.54, 1.807) is 19.1 Å². The number of benzene rings is 1. The standard InChI is InChI=1S/C25H23F3N4O5/c1-14-30-18-5-3-2-4-16(22(18)24(36)32(14)19-10-11-20(33)31-23(19)35)13-29-21(34)12-15-6-8-17(9-7-15)37-25(26,27)28/h2-4,6-9,19H,5,10-13H2,1H3,(H,29,34)(H,31,33,35). The zero-order chi connectivity index (χ0) is 26.7. The van der Waals surface area contributed by atoms with Crippen molar-refractivity contribution in [3.8, 4) is 5.75 Å². The van der Waals surface area contributed by atoms with Gasteiger partial charge >= 0.3 is 6.36 Å². The molecule has 1 atom stereocenters. The van der Waals surface area contributed by atoms with E-state index in [0.717, 1.165) is 12.1 Å². The molecule has 1 aromatic heterocycles. The number of nitrogens with zero attached hydrogens (tertiary/aromatic N) is 2. The fourth-order valence-electron chi connectivity index (χ4n) is 4.31. The van der Waals surface area contributed by atoms with Crippen LogP contribution in [0.1, 0.15) is 41.5 Å². The molecule has 0 spiro atoms. The number of aryl methyl sites for hydroxylation is 1. The Hall–Kier alpha value is -4.22. The highest BCUT2D eigenvalue weighted by Gasteiger charge is 2.32. The first-order chi connectivity index (χ1) is 17.5. The van der Waals surface area contributed by atoms with Crippen LogP contribution in [0.5, 0.6) is 5.75 Å². The average molecular weight is 516 g/mol. The molecule has 1 aliphatic heterocycles. The van der Waals surface area contributed by atoms with Crippen molar-refractivity contribution in [1.82, 2.24) is 20.2 Å². The minimum atomic E-state index is -4.81. The Labute approximate surface area is 209 Å². The lowest BCUT2D eigenvalue weighted by Crippen LogP contribution is -2.46. The first-order valence-electron chi connectivity index (χ1n) is 11.4. The number of piperidine rings is 1. The van der Waals surface area contributed by atoms with Gasteiger partial charge in [0.2, 0.25) is 17.7 Å². The molecule has 194 valence electrons. The van der Waals surface area contributed by atoms with Gasteiger partial charge in [-0.15, -0.1) is 13.2 Å². The largest absolute Gasteiger partial charge is 0.573 e. The van der Waals surface area contributed by atoms with E-state index >= 15 is 0 Å². The zero-order valence-electron chi connectivity index (χ0n) is 19.7. The second kappa shape index (κ2) is 10.4. The minimum absolute atomic E-state index is 0.0131. The van der Waals surface area contributed by atoms with E-state index < -0.39 is 41.4 Å². The first kappa shape index (κ1) is 25.9. The Balaban J connectivity index is 1.51. The molecule has 1 saturated heterocycles. The number of hydrogen-bond donors (Lipinski definition) is 2. The summed E-state index contributed by atoms with van der Waals surface area (Å²) in [5, 5.41) is 4.98. The number of alkyl halides is 3. The number of hydrogen-bond acceptors (Lipinski definition) is 6. The van der Waals surface area contributed by atoms with Gasteiger partial charge in [0.1, 0.15) is 17.6 Å². The molecule has 2 heterocycles. The molecular weight excluding hydrogens is 493 g/mol. The minimum Gasteiger partial charge on any atom is -0.406 e. The quantitative estimate of drug-likeness (QED) is 0.569. The molecule has 0 saturated carbocycles. The molecular formula is C25H23F3N4O5. The first-order valence-corrected chi connectivity index (χ1v) is 11.4. The number of rotatable bonds is 6. The van der Waals surface area contributed by atoms with Crippen LogP contribution in [-0.2, 0) is 27.2 Å². The van der Waals surface area contributed by atoms with Gasteiger partial charge < -0.3 is 10.1 Å². The van der Waals surface area contributed by atoms with Gasteiger partial charge in [0.15, 0.2) is 0 Å². The molecule has 2 N–H and O–H groups in total. The summed E-state index contributed by atoms with van der Waals surface area (Å²) in [6.07, 6.45) is 0.990. The van der Waals surface area contributed by atoms with Crippen LogP contribution in [0.25, 0.3) is 5.57 Å². The van der Waals surface area contributed by atoms with Gasteiger partial charge in [-0.25, -0.2) is 4.98 Å². The fourth-order valence-corrected chi connectivity index (χ4v) is 4.31. The molecule has 4 rings (SSSR count). The maximum atomic E-state index is 13.6. The SMILES string of the molecule is Cc1nc2c(c(=O)n1C1CCC(=O)NC1=O)C(CNC(=O)Cc1ccc(OC(F)(F)F)cc1)=CC=CC2. The van der Waals surface area contributed by atoms with Crippen LogP contribution >= 0.6 is 0 Å². The van der Waals surface area contributed by atoms with Crippen molar-refractivity contribution in [2.75, 3.05) is 6.54 Å². The number of carbonyl (C=O) groups is 3. The van der Waals surface area contributed by atoms with Crippen molar-refractivity contribution in [2.45, 2.75) is 45.0 Å². The van der Waals surface area contributed by atoms with E-state index in [-0.39, 0.29) is 31.4 Å². The van der Waals surface area contributed by atoms with Gasteiger partial charge in [-0.3, -0.25) is 29.1 Å². The molecule has 3 amide bonds. The third-order valence-corrected chi connectivity index (χ3v) is 5.95. The van der Waals surface area contributed by atoms with Crippen molar-refractivity contribution in [3.63, 3.8) is 0 Å². The van der Waals surface area contributed by atoms with Gasteiger partial charge in [0.25, 0.3) is 5.56 Å². The summed E-state index contributed by atoms with van der Waals surface area (Å²) < 4.78 is 42.1. The van der Waals surface area contributed by atoms with Gasteiger partial charge in [-0.1, -0.05) is 30.4 Å². The smallest absolute Gasteiger partial charge is 0.406 e. The fraction of sp³-hybridized carbons (Fsp3) is 0.320. The van der Waals surface area contributed by atoms with E-state index in [0.29, 0.717) is 29.1 Å². The molecule has 9 nitrogen and oxygen atoms in total. The highest BCUT2D eigenvalue weighted by atomic mass is 19.4. The van der Waals surface area contributed by atoms with Gasteiger partial charge in [0, 0.05) is 19.4 Å². The topological polar surface area (TPSA) is 119 Å². The summed E-state index contributed by atoms with van der Waals surface area (Å²) >= 11 is 0. The number of amides is 3. The van der Waals surface area contributed by atoms with Gasteiger partial charge in [0.05, 0.1) is 17.7 Å². The van der Waals surface area contributed by atoms with Crippen molar-refractivity contribution >= 4 is 23.3 Å². The molecule has 2 aromatic rings. The zero-order valence-corrected chi connectivity index (χ0v) is 19.7. The summed E-state index contributed by atoms with van der Waals surface area (Å²) in [5.74, 6) is -1.43. The van der Waals surface area contributed by atoms with Crippen molar-refractivity contribution in [2.24, 2.45) is 0 Å². The summed E-state index contributed by atoms with van der Waals surface area (Å²) in [6.45, 7) is 1.61. The predicted octanol–water partition coefficient (Wildman–Crippen LogP) is 2.28. The lowest BCUT2D eigenvalue weighted by molar-refractivity contribution is -0.274. The normalized spacial score (nSPS) is 17.4. The lowest BCUT2D eigenvalue weighted by Gasteiger charge is -2.25. The van der Waals surface area contributed by atoms with Crippen LogP contribution in [0.15, 0.2) is 47.3 Å². The molecule has 37 heavy (non-hydrogen) atoms. The molecule has 2 aliphatic rings. The third kappa shape index (κ3) is 6.13. The van der Waals surface area contributed by atoms with E-state index in [1.165, 1.54) is 16.7 Å². The summed E-state index contributed by atoms with van der Waals surface area (Å²) in [7, 11) is 0. The number of halogens is 3. The lowest BCUT2D eigenvalue weighted by atomic mass is 10.0. The molecule has 1 fully saturated rings. The maximum Gasteiger partial charge on any atom is 0.573 e. The van der Waals surface area contributed by atoms with Crippen LogP contribution in [-0.4, -0.2) is 40.2 Å². The monoisotopic (exact) mass is 516 g/mol. The number of aromatic nitrogens is 2. The average Bonchev–Trinajstić information content (AvgIpc) is 3.01. The maximum absolute atomic E-state index is 13.6. The number of fused-ring (bicyclic) bond motifs is 1. The van der Waals surface area contributed by atoms with Crippen LogP contribution < -0.4 is 20.9 Å². The second-order valence-corrected chi connectivity index (χ2v) is 8.59. The summed E-state index contributed by atoms with van der Waals surface area (Å²) in [4.78, 5) is 54.7. The van der Waals surface area contributed by atoms with E-state index in [9.17, 15) is 32.3 Å². The van der Waals surface area contributed by atoms with E-state index in [4.69, 9.17) is 0 Å². The van der Waals surface area contributed by atoms with Crippen molar-refractivity contribution in [3.05, 3.63) is 75.5 Å². The Bertz CT molecular complexity index is 1360. The molecule has 1 unspecified atom stereocenters. The highest BCUT2D eigenvalue weighted by molar-refractivity contribution is 5.99. The third-order valence-electron chi connectivity index (χ3n) is 5.95. The Morgan fingerprint density at radius 3 is 2.62 bits per heavy atom. The number of carbonyl (C=O) groups excluding carboxylic acids is 3. The van der Waals surface area contributed by atoms with Crippen molar-refractivity contribution < 1.29 is 32.3 Å². The van der Waals surface area contributed by atoms with Crippen molar-refractivity contribution in [1.29, 1.82) is 0 Å². The molecule has 1 aromatic carbocycles. The summed E-state index contributed by atoms with van der Waals surface area (Å²) in [5.41, 5.74) is 1.29. The number of allylic oxidation sites excluding steroid dienone is 3.